The number of benzene rings is 2. The van der Waals surface area contributed by atoms with E-state index < -0.39 is 0 Å². The minimum absolute atomic E-state index is 0.112. The first-order chi connectivity index (χ1) is 11.7. The standard InChI is InChI=1S/C20H22N2O2/c23-19-11-5-1-7-15(19)13-21-17-9-3-4-10-18(17)22-14-16-8-2-6-12-20(16)24/h1-2,5-8,11-14,17-18,23-24H,3-4,9-10H2/b21-13+,22-14+/t17-,18?/m0/s1. The fourth-order valence-corrected chi connectivity index (χ4v) is 2.98. The minimum atomic E-state index is 0.112. The lowest BCUT2D eigenvalue weighted by Crippen LogP contribution is -2.27. The molecule has 2 atom stereocenters. The molecule has 24 heavy (non-hydrogen) atoms. The summed E-state index contributed by atoms with van der Waals surface area (Å²) in [5, 5.41) is 19.7. The lowest BCUT2D eigenvalue weighted by molar-refractivity contribution is 0.390. The molecule has 1 fully saturated rings. The molecule has 1 saturated carbocycles. The zero-order valence-corrected chi connectivity index (χ0v) is 13.5. The fraction of sp³-hybridized carbons (Fsp3) is 0.300. The fourth-order valence-electron chi connectivity index (χ4n) is 2.98. The summed E-state index contributed by atoms with van der Waals surface area (Å²) in [6, 6.07) is 14.6. The molecule has 0 spiro atoms. The quantitative estimate of drug-likeness (QED) is 0.837. The van der Waals surface area contributed by atoms with E-state index in [4.69, 9.17) is 0 Å². The third-order valence-corrected chi connectivity index (χ3v) is 4.38. The predicted octanol–water partition coefficient (Wildman–Crippen LogP) is 3.95. The molecule has 1 aliphatic carbocycles. The molecule has 0 bridgehead atoms. The number of hydrogen-bond donors (Lipinski definition) is 2. The van der Waals surface area contributed by atoms with Crippen molar-refractivity contribution in [3.05, 3.63) is 59.7 Å². The predicted molar refractivity (Wildman–Crippen MR) is 97.4 cm³/mol. The van der Waals surface area contributed by atoms with E-state index in [-0.39, 0.29) is 23.6 Å². The lowest BCUT2D eigenvalue weighted by Gasteiger charge is -2.25. The van der Waals surface area contributed by atoms with E-state index in [2.05, 4.69) is 9.98 Å². The van der Waals surface area contributed by atoms with Crippen molar-refractivity contribution in [2.45, 2.75) is 37.8 Å². The number of hydrogen-bond acceptors (Lipinski definition) is 4. The van der Waals surface area contributed by atoms with E-state index in [1.807, 2.05) is 24.3 Å². The maximum Gasteiger partial charge on any atom is 0.124 e. The highest BCUT2D eigenvalue weighted by Gasteiger charge is 2.23. The summed E-state index contributed by atoms with van der Waals surface area (Å²) in [5.74, 6) is 0.484. The van der Waals surface area contributed by atoms with Gasteiger partial charge >= 0.3 is 0 Å². The molecule has 3 rings (SSSR count). The zero-order chi connectivity index (χ0) is 16.8. The molecule has 1 aliphatic rings. The van der Waals surface area contributed by atoms with Crippen LogP contribution in [0, 0.1) is 0 Å². The smallest absolute Gasteiger partial charge is 0.124 e. The Morgan fingerprint density at radius 1 is 0.708 bits per heavy atom. The van der Waals surface area contributed by atoms with Crippen LogP contribution in [0.1, 0.15) is 36.8 Å². The van der Waals surface area contributed by atoms with Crippen molar-refractivity contribution in [2.75, 3.05) is 0 Å². The molecule has 2 aromatic rings. The van der Waals surface area contributed by atoms with Crippen LogP contribution in [0.15, 0.2) is 58.5 Å². The number of nitrogens with zero attached hydrogens (tertiary/aromatic N) is 2. The van der Waals surface area contributed by atoms with E-state index >= 15 is 0 Å². The number of rotatable bonds is 4. The Balaban J connectivity index is 1.74. The molecule has 0 radical (unpaired) electrons. The Bertz CT molecular complexity index is 676. The second-order valence-electron chi connectivity index (χ2n) is 6.09. The topological polar surface area (TPSA) is 65.2 Å². The van der Waals surface area contributed by atoms with Gasteiger partial charge in [-0.25, -0.2) is 0 Å². The van der Waals surface area contributed by atoms with Crippen LogP contribution in [-0.2, 0) is 0 Å². The first-order valence-electron chi connectivity index (χ1n) is 8.36. The Kier molecular flexibility index (Phi) is 5.26. The third kappa shape index (κ3) is 4.02. The highest BCUT2D eigenvalue weighted by Crippen LogP contribution is 2.25. The number of phenols is 2. The molecule has 0 amide bonds. The van der Waals surface area contributed by atoms with Gasteiger partial charge in [-0.3, -0.25) is 9.98 Å². The summed E-state index contributed by atoms with van der Waals surface area (Å²) in [6.07, 6.45) is 7.76. The second-order valence-corrected chi connectivity index (χ2v) is 6.09. The highest BCUT2D eigenvalue weighted by atomic mass is 16.3. The Hall–Kier alpha value is -2.62. The van der Waals surface area contributed by atoms with Gasteiger partial charge in [0, 0.05) is 23.6 Å². The van der Waals surface area contributed by atoms with E-state index in [9.17, 15) is 10.2 Å². The van der Waals surface area contributed by atoms with Gasteiger partial charge in [0.1, 0.15) is 11.5 Å². The molecule has 2 aromatic carbocycles. The van der Waals surface area contributed by atoms with Gasteiger partial charge in [0.2, 0.25) is 0 Å². The van der Waals surface area contributed by atoms with Gasteiger partial charge in [-0.2, -0.15) is 0 Å². The summed E-state index contributed by atoms with van der Waals surface area (Å²) in [6.45, 7) is 0. The molecule has 124 valence electrons. The van der Waals surface area contributed by atoms with E-state index in [1.54, 1.807) is 36.7 Å². The van der Waals surface area contributed by atoms with Gasteiger partial charge in [0.05, 0.1) is 12.1 Å². The minimum Gasteiger partial charge on any atom is -0.507 e. The molecular weight excluding hydrogens is 300 g/mol. The highest BCUT2D eigenvalue weighted by molar-refractivity contribution is 5.84. The van der Waals surface area contributed by atoms with Crippen LogP contribution in [-0.4, -0.2) is 34.7 Å². The maximum atomic E-state index is 9.84. The third-order valence-electron chi connectivity index (χ3n) is 4.38. The number of aliphatic imine (C=N–C) groups is 2. The van der Waals surface area contributed by atoms with E-state index in [0.29, 0.717) is 0 Å². The van der Waals surface area contributed by atoms with Crippen LogP contribution in [0.3, 0.4) is 0 Å². The lowest BCUT2D eigenvalue weighted by atomic mass is 9.91. The van der Waals surface area contributed by atoms with Crippen LogP contribution < -0.4 is 0 Å². The van der Waals surface area contributed by atoms with Crippen molar-refractivity contribution >= 4 is 12.4 Å². The van der Waals surface area contributed by atoms with Gasteiger partial charge in [-0.1, -0.05) is 37.1 Å². The largest absolute Gasteiger partial charge is 0.507 e. The van der Waals surface area contributed by atoms with Crippen molar-refractivity contribution in [1.29, 1.82) is 0 Å². The van der Waals surface area contributed by atoms with Gasteiger partial charge in [0.15, 0.2) is 0 Å². The monoisotopic (exact) mass is 322 g/mol. The van der Waals surface area contributed by atoms with Crippen molar-refractivity contribution in [2.24, 2.45) is 9.98 Å². The van der Waals surface area contributed by atoms with E-state index in [1.165, 1.54) is 0 Å². The Labute approximate surface area is 142 Å². The normalized spacial score (nSPS) is 21.5. The summed E-state index contributed by atoms with van der Waals surface area (Å²) in [7, 11) is 0. The van der Waals surface area contributed by atoms with Crippen LogP contribution in [0.25, 0.3) is 0 Å². The zero-order valence-electron chi connectivity index (χ0n) is 13.5. The molecule has 0 heterocycles. The summed E-state index contributed by atoms with van der Waals surface area (Å²) in [4.78, 5) is 9.34. The average molecular weight is 322 g/mol. The van der Waals surface area contributed by atoms with Gasteiger partial charge in [0.25, 0.3) is 0 Å². The Morgan fingerprint density at radius 3 is 1.54 bits per heavy atom. The summed E-state index contributed by atoms with van der Waals surface area (Å²) < 4.78 is 0. The summed E-state index contributed by atoms with van der Waals surface area (Å²) in [5.41, 5.74) is 1.46. The molecule has 2 N–H and O–H groups in total. The molecule has 1 unspecified atom stereocenters. The molecule has 4 nitrogen and oxygen atoms in total. The first-order valence-corrected chi connectivity index (χ1v) is 8.36. The van der Waals surface area contributed by atoms with Gasteiger partial charge in [-0.15, -0.1) is 0 Å². The van der Waals surface area contributed by atoms with Crippen LogP contribution in [0.2, 0.25) is 0 Å². The first kappa shape index (κ1) is 16.2. The van der Waals surface area contributed by atoms with Crippen molar-refractivity contribution in [3.63, 3.8) is 0 Å². The molecular formula is C20H22N2O2. The van der Waals surface area contributed by atoms with Crippen LogP contribution in [0.5, 0.6) is 11.5 Å². The maximum absolute atomic E-state index is 9.84. The van der Waals surface area contributed by atoms with E-state index in [0.717, 1.165) is 36.8 Å². The summed E-state index contributed by atoms with van der Waals surface area (Å²) >= 11 is 0. The SMILES string of the molecule is Oc1ccccc1/C=N/C1CCCC[C@@H]1/N=C/c1ccccc1O. The number of para-hydroxylation sites is 2. The molecule has 0 aliphatic heterocycles. The van der Waals surface area contributed by atoms with Gasteiger partial charge in [-0.05, 0) is 37.1 Å². The van der Waals surface area contributed by atoms with Crippen molar-refractivity contribution < 1.29 is 10.2 Å². The number of aromatic hydroxyl groups is 2. The Morgan fingerprint density at radius 2 is 1.12 bits per heavy atom. The van der Waals surface area contributed by atoms with Gasteiger partial charge < -0.3 is 10.2 Å². The van der Waals surface area contributed by atoms with Crippen LogP contribution in [0.4, 0.5) is 0 Å². The number of phenolic OH excluding ortho intramolecular Hbond substituents is 2. The van der Waals surface area contributed by atoms with Crippen molar-refractivity contribution in [3.8, 4) is 11.5 Å². The molecule has 4 heteroatoms. The molecule has 0 aromatic heterocycles. The van der Waals surface area contributed by atoms with Crippen molar-refractivity contribution in [1.82, 2.24) is 0 Å². The average Bonchev–Trinajstić information content (AvgIpc) is 2.61. The second kappa shape index (κ2) is 7.77. The molecule has 0 saturated heterocycles. The van der Waals surface area contributed by atoms with Crippen LogP contribution >= 0.6 is 0 Å².